The molecule has 0 unspecified atom stereocenters. The van der Waals surface area contributed by atoms with E-state index in [1.807, 2.05) is 30.3 Å². The number of sulfonamides is 1. The quantitative estimate of drug-likeness (QED) is 0.532. The summed E-state index contributed by atoms with van der Waals surface area (Å²) in [5.74, 6) is 0. The standard InChI is InChI=1S/C23H30N6O3S/c1-26-17-21(16-25-26)33(31,32)27(2)10-11-28-12-14-29(15-13-28)22-4-3-9-24-23(22)20-7-5-19(18-30)6-8-20/h3-9,16-17,30H,10-15,18H2,1-2H3. The highest BCUT2D eigenvalue weighted by Crippen LogP contribution is 2.29. The number of nitrogens with zero attached hydrogens (tertiary/aromatic N) is 6. The highest BCUT2D eigenvalue weighted by atomic mass is 32.2. The van der Waals surface area contributed by atoms with E-state index in [0.29, 0.717) is 13.1 Å². The predicted molar refractivity (Wildman–Crippen MR) is 127 cm³/mol. The van der Waals surface area contributed by atoms with Gasteiger partial charge in [0.05, 0.1) is 24.2 Å². The summed E-state index contributed by atoms with van der Waals surface area (Å²) in [4.78, 5) is 9.45. The van der Waals surface area contributed by atoms with E-state index in [0.717, 1.165) is 48.7 Å². The number of aliphatic hydroxyl groups excluding tert-OH is 1. The van der Waals surface area contributed by atoms with Crippen molar-refractivity contribution in [1.82, 2.24) is 24.0 Å². The Morgan fingerprint density at radius 1 is 1.09 bits per heavy atom. The number of anilines is 1. The molecule has 0 bridgehead atoms. The van der Waals surface area contributed by atoms with Crippen LogP contribution in [0.5, 0.6) is 0 Å². The average molecular weight is 471 g/mol. The van der Waals surface area contributed by atoms with Gasteiger partial charge in [-0.2, -0.15) is 9.40 Å². The van der Waals surface area contributed by atoms with Crippen LogP contribution in [0.4, 0.5) is 5.69 Å². The third-order valence-corrected chi connectivity index (χ3v) is 7.84. The normalized spacial score (nSPS) is 15.3. The Kier molecular flexibility index (Phi) is 7.08. The van der Waals surface area contributed by atoms with Crippen LogP contribution in [0.1, 0.15) is 5.56 Å². The number of aromatic nitrogens is 3. The molecule has 0 spiro atoms. The summed E-state index contributed by atoms with van der Waals surface area (Å²) in [6, 6.07) is 11.9. The monoisotopic (exact) mass is 470 g/mol. The highest BCUT2D eigenvalue weighted by Gasteiger charge is 2.24. The highest BCUT2D eigenvalue weighted by molar-refractivity contribution is 7.89. The van der Waals surface area contributed by atoms with E-state index in [1.165, 1.54) is 21.4 Å². The Balaban J connectivity index is 1.36. The van der Waals surface area contributed by atoms with Crippen molar-refractivity contribution < 1.29 is 13.5 Å². The van der Waals surface area contributed by atoms with Crippen LogP contribution in [0.15, 0.2) is 59.9 Å². The maximum atomic E-state index is 12.7. The molecule has 9 nitrogen and oxygen atoms in total. The summed E-state index contributed by atoms with van der Waals surface area (Å²) in [6.45, 7) is 4.49. The number of rotatable bonds is 8. The van der Waals surface area contributed by atoms with Crippen LogP contribution < -0.4 is 4.90 Å². The molecule has 0 atom stereocenters. The maximum absolute atomic E-state index is 12.7. The minimum absolute atomic E-state index is 0.0239. The van der Waals surface area contributed by atoms with Gasteiger partial charge in [0.2, 0.25) is 10.0 Å². The lowest BCUT2D eigenvalue weighted by molar-refractivity contribution is 0.244. The number of aliphatic hydroxyl groups is 1. The molecule has 1 N–H and O–H groups in total. The van der Waals surface area contributed by atoms with Crippen LogP contribution in [-0.2, 0) is 23.7 Å². The lowest BCUT2D eigenvalue weighted by Gasteiger charge is -2.37. The molecule has 4 rings (SSSR count). The number of piperazine rings is 1. The molecule has 1 aliphatic heterocycles. The van der Waals surface area contributed by atoms with E-state index in [-0.39, 0.29) is 11.5 Å². The molecule has 1 aliphatic rings. The van der Waals surface area contributed by atoms with E-state index in [4.69, 9.17) is 0 Å². The van der Waals surface area contributed by atoms with Crippen molar-refractivity contribution >= 4 is 15.7 Å². The first kappa shape index (κ1) is 23.4. The summed E-state index contributed by atoms with van der Waals surface area (Å²) >= 11 is 0. The van der Waals surface area contributed by atoms with Crippen LogP contribution in [0.2, 0.25) is 0 Å². The Morgan fingerprint density at radius 2 is 1.82 bits per heavy atom. The first-order valence-corrected chi connectivity index (χ1v) is 12.4. The van der Waals surface area contributed by atoms with E-state index >= 15 is 0 Å². The van der Waals surface area contributed by atoms with Crippen LogP contribution in [0, 0.1) is 0 Å². The third-order valence-electron chi connectivity index (χ3n) is 6.03. The van der Waals surface area contributed by atoms with Gasteiger partial charge in [0.25, 0.3) is 0 Å². The number of hydrogen-bond donors (Lipinski definition) is 1. The second-order valence-electron chi connectivity index (χ2n) is 8.23. The summed E-state index contributed by atoms with van der Waals surface area (Å²) in [5.41, 5.74) is 3.91. The largest absolute Gasteiger partial charge is 0.392 e. The van der Waals surface area contributed by atoms with E-state index in [2.05, 4.69) is 25.9 Å². The molecule has 0 aliphatic carbocycles. The molecule has 33 heavy (non-hydrogen) atoms. The molecular formula is C23H30N6O3S. The van der Waals surface area contributed by atoms with Crippen molar-refractivity contribution in [3.63, 3.8) is 0 Å². The molecule has 10 heteroatoms. The van der Waals surface area contributed by atoms with Gasteiger partial charge in [-0.15, -0.1) is 0 Å². The van der Waals surface area contributed by atoms with Gasteiger partial charge in [-0.25, -0.2) is 8.42 Å². The molecular weight excluding hydrogens is 440 g/mol. The third kappa shape index (κ3) is 5.25. The molecule has 1 aromatic carbocycles. The fraction of sp³-hybridized carbons (Fsp3) is 0.391. The number of pyridine rings is 1. The minimum atomic E-state index is -3.53. The van der Waals surface area contributed by atoms with E-state index < -0.39 is 10.0 Å². The minimum Gasteiger partial charge on any atom is -0.392 e. The van der Waals surface area contributed by atoms with Crippen molar-refractivity contribution in [2.24, 2.45) is 7.05 Å². The molecule has 2 aromatic heterocycles. The van der Waals surface area contributed by atoms with Gasteiger partial charge in [0.1, 0.15) is 4.90 Å². The Hall–Kier alpha value is -2.79. The van der Waals surface area contributed by atoms with Crippen LogP contribution in [0.25, 0.3) is 11.3 Å². The van der Waals surface area contributed by atoms with E-state index in [9.17, 15) is 13.5 Å². The van der Waals surface area contributed by atoms with Crippen molar-refractivity contribution in [3.8, 4) is 11.3 Å². The summed E-state index contributed by atoms with van der Waals surface area (Å²) in [5, 5.41) is 13.3. The molecule has 3 aromatic rings. The zero-order valence-corrected chi connectivity index (χ0v) is 19.8. The van der Waals surface area contributed by atoms with Gasteiger partial charge in [-0.3, -0.25) is 14.6 Å². The first-order chi connectivity index (χ1) is 15.9. The average Bonchev–Trinajstić information content (AvgIpc) is 3.30. The number of hydrogen-bond acceptors (Lipinski definition) is 7. The van der Waals surface area contributed by atoms with Gasteiger partial charge in [0.15, 0.2) is 0 Å². The summed E-state index contributed by atoms with van der Waals surface area (Å²) < 4.78 is 28.3. The van der Waals surface area contributed by atoms with Gasteiger partial charge in [-0.05, 0) is 17.7 Å². The van der Waals surface area contributed by atoms with Crippen molar-refractivity contribution in [3.05, 3.63) is 60.6 Å². The van der Waals surface area contributed by atoms with Crippen molar-refractivity contribution in [1.29, 1.82) is 0 Å². The Morgan fingerprint density at radius 3 is 2.45 bits per heavy atom. The predicted octanol–water partition coefficient (Wildman–Crippen LogP) is 1.42. The van der Waals surface area contributed by atoms with Gasteiger partial charge >= 0.3 is 0 Å². The SMILES string of the molecule is CN(CCN1CCN(c2cccnc2-c2ccc(CO)cc2)CC1)S(=O)(=O)c1cnn(C)c1. The number of benzene rings is 1. The smallest absolute Gasteiger partial charge is 0.245 e. The molecule has 3 heterocycles. The number of aryl methyl sites for hydroxylation is 1. The zero-order chi connectivity index (χ0) is 23.4. The first-order valence-electron chi connectivity index (χ1n) is 11.0. The lowest BCUT2D eigenvalue weighted by atomic mass is 10.1. The zero-order valence-electron chi connectivity index (χ0n) is 19.0. The van der Waals surface area contributed by atoms with Gasteiger partial charge in [0, 0.05) is 71.3 Å². The van der Waals surface area contributed by atoms with Crippen LogP contribution in [0.3, 0.4) is 0 Å². The maximum Gasteiger partial charge on any atom is 0.245 e. The summed E-state index contributed by atoms with van der Waals surface area (Å²) in [7, 11) is -0.207. The second kappa shape index (κ2) is 10.0. The molecule has 0 saturated carbocycles. The molecule has 0 radical (unpaired) electrons. The lowest BCUT2D eigenvalue weighted by Crippen LogP contribution is -2.48. The van der Waals surface area contributed by atoms with Crippen LogP contribution in [-0.4, -0.2) is 83.8 Å². The fourth-order valence-corrected chi connectivity index (χ4v) is 5.12. The van der Waals surface area contributed by atoms with Gasteiger partial charge < -0.3 is 10.0 Å². The fourth-order valence-electron chi connectivity index (χ4n) is 3.97. The van der Waals surface area contributed by atoms with E-state index in [1.54, 1.807) is 20.3 Å². The Bertz CT molecular complexity index is 1170. The molecule has 176 valence electrons. The second-order valence-corrected chi connectivity index (χ2v) is 10.3. The topological polar surface area (TPSA) is 94.8 Å². The summed E-state index contributed by atoms with van der Waals surface area (Å²) in [6.07, 6.45) is 4.70. The Labute approximate surface area is 194 Å². The molecule has 0 amide bonds. The molecule has 1 saturated heterocycles. The molecule has 1 fully saturated rings. The van der Waals surface area contributed by atoms with Gasteiger partial charge in [-0.1, -0.05) is 24.3 Å². The number of likely N-dealkylation sites (N-methyl/N-ethyl adjacent to an activating group) is 1. The van der Waals surface area contributed by atoms with Crippen molar-refractivity contribution in [2.45, 2.75) is 11.5 Å². The van der Waals surface area contributed by atoms with Crippen LogP contribution >= 0.6 is 0 Å². The van der Waals surface area contributed by atoms with Crippen molar-refractivity contribution in [2.75, 3.05) is 51.2 Å².